The van der Waals surface area contributed by atoms with Gasteiger partial charge < -0.3 is 19.4 Å². The highest BCUT2D eigenvalue weighted by molar-refractivity contribution is 5.76. The molecular weight excluding hydrogens is 290 g/mol. The van der Waals surface area contributed by atoms with E-state index in [4.69, 9.17) is 4.74 Å². The summed E-state index contributed by atoms with van der Waals surface area (Å²) in [7, 11) is 1.68. The van der Waals surface area contributed by atoms with Crippen molar-refractivity contribution < 1.29 is 9.53 Å². The summed E-state index contributed by atoms with van der Waals surface area (Å²) in [6.45, 7) is 6.72. The van der Waals surface area contributed by atoms with E-state index in [1.807, 2.05) is 17.0 Å². The van der Waals surface area contributed by atoms with Gasteiger partial charge in [-0.3, -0.25) is 4.79 Å². The highest BCUT2D eigenvalue weighted by atomic mass is 16.5. The number of methoxy groups -OCH3 is 1. The number of carbonyl (C=O) groups excluding carboxylic acids is 1. The molecule has 2 fully saturated rings. The van der Waals surface area contributed by atoms with Crippen molar-refractivity contribution in [3.8, 4) is 5.75 Å². The predicted octanol–water partition coefficient (Wildman–Crippen LogP) is 1.83. The Balaban J connectivity index is 1.44. The molecule has 2 saturated heterocycles. The van der Waals surface area contributed by atoms with Gasteiger partial charge in [0.15, 0.2) is 0 Å². The van der Waals surface area contributed by atoms with E-state index < -0.39 is 0 Å². The first kappa shape index (κ1) is 16.1. The summed E-state index contributed by atoms with van der Waals surface area (Å²) >= 11 is 0. The summed E-state index contributed by atoms with van der Waals surface area (Å²) in [5, 5.41) is 0. The summed E-state index contributed by atoms with van der Waals surface area (Å²) in [6.07, 6.45) is 3.24. The van der Waals surface area contributed by atoms with Crippen molar-refractivity contribution in [1.82, 2.24) is 9.80 Å². The van der Waals surface area contributed by atoms with E-state index in [9.17, 15) is 4.79 Å². The molecule has 3 rings (SSSR count). The minimum Gasteiger partial charge on any atom is -0.497 e. The lowest BCUT2D eigenvalue weighted by Gasteiger charge is -2.36. The molecule has 1 amide bonds. The molecule has 0 aromatic heterocycles. The zero-order chi connectivity index (χ0) is 16.1. The third-order valence-electron chi connectivity index (χ3n) is 4.91. The molecule has 0 spiro atoms. The number of anilines is 1. The number of rotatable bonds is 5. The van der Waals surface area contributed by atoms with E-state index in [2.05, 4.69) is 21.9 Å². The molecule has 0 atom stereocenters. The first-order chi connectivity index (χ1) is 11.3. The number of amides is 1. The van der Waals surface area contributed by atoms with Crippen LogP contribution in [0.5, 0.6) is 5.75 Å². The highest BCUT2D eigenvalue weighted by Gasteiger charge is 2.22. The van der Waals surface area contributed by atoms with Crippen molar-refractivity contribution >= 4 is 11.6 Å². The molecule has 2 aliphatic heterocycles. The smallest absolute Gasteiger partial charge is 0.223 e. The van der Waals surface area contributed by atoms with Crippen molar-refractivity contribution in [2.75, 3.05) is 57.8 Å². The van der Waals surface area contributed by atoms with Gasteiger partial charge in [0.2, 0.25) is 5.91 Å². The maximum Gasteiger partial charge on any atom is 0.223 e. The lowest BCUT2D eigenvalue weighted by atomic mass is 10.2. The second-order valence-corrected chi connectivity index (χ2v) is 6.36. The number of benzene rings is 1. The third kappa shape index (κ3) is 4.16. The molecule has 1 aromatic rings. The SMILES string of the molecule is COc1ccc(N2CCN(C(=O)CCN3CCCC3)CC2)cc1. The van der Waals surface area contributed by atoms with Crippen LogP contribution in [0, 0.1) is 0 Å². The van der Waals surface area contributed by atoms with Crippen LogP contribution in [0.25, 0.3) is 0 Å². The first-order valence-electron chi connectivity index (χ1n) is 8.65. The third-order valence-corrected chi connectivity index (χ3v) is 4.91. The Labute approximate surface area is 138 Å². The Morgan fingerprint density at radius 3 is 2.26 bits per heavy atom. The van der Waals surface area contributed by atoms with Gasteiger partial charge in [0.1, 0.15) is 5.75 Å². The number of hydrogen-bond acceptors (Lipinski definition) is 4. The van der Waals surface area contributed by atoms with E-state index in [-0.39, 0.29) is 0 Å². The summed E-state index contributed by atoms with van der Waals surface area (Å²) in [5.74, 6) is 1.19. The molecule has 0 unspecified atom stereocenters. The van der Waals surface area contributed by atoms with E-state index in [1.165, 1.54) is 31.6 Å². The van der Waals surface area contributed by atoms with Crippen molar-refractivity contribution in [2.24, 2.45) is 0 Å². The molecule has 126 valence electrons. The first-order valence-corrected chi connectivity index (χ1v) is 8.65. The standard InChI is InChI=1S/C18H27N3O2/c1-23-17-6-4-16(5-7-17)20-12-14-21(15-13-20)18(22)8-11-19-9-2-3-10-19/h4-7H,2-3,8-15H2,1H3. The molecule has 0 radical (unpaired) electrons. The Kier molecular flexibility index (Phi) is 5.39. The Morgan fingerprint density at radius 2 is 1.65 bits per heavy atom. The predicted molar refractivity (Wildman–Crippen MR) is 92.1 cm³/mol. The fourth-order valence-corrected chi connectivity index (χ4v) is 3.43. The molecule has 23 heavy (non-hydrogen) atoms. The van der Waals surface area contributed by atoms with Crippen LogP contribution in [0.3, 0.4) is 0 Å². The summed E-state index contributed by atoms with van der Waals surface area (Å²) in [5.41, 5.74) is 1.20. The fraction of sp³-hybridized carbons (Fsp3) is 0.611. The van der Waals surface area contributed by atoms with Crippen molar-refractivity contribution in [3.05, 3.63) is 24.3 Å². The van der Waals surface area contributed by atoms with Crippen LogP contribution in [0.15, 0.2) is 24.3 Å². The van der Waals surface area contributed by atoms with Crippen molar-refractivity contribution in [1.29, 1.82) is 0 Å². The fourth-order valence-electron chi connectivity index (χ4n) is 3.43. The van der Waals surface area contributed by atoms with Gasteiger partial charge in [-0.15, -0.1) is 0 Å². The lowest BCUT2D eigenvalue weighted by molar-refractivity contribution is -0.131. The molecule has 0 bridgehead atoms. The van der Waals surface area contributed by atoms with Crippen LogP contribution in [0.2, 0.25) is 0 Å². The number of nitrogens with zero attached hydrogens (tertiary/aromatic N) is 3. The molecule has 0 N–H and O–H groups in total. The maximum absolute atomic E-state index is 12.3. The average molecular weight is 317 g/mol. The Hall–Kier alpha value is -1.75. The van der Waals surface area contributed by atoms with E-state index in [0.29, 0.717) is 12.3 Å². The van der Waals surface area contributed by atoms with Crippen LogP contribution in [0.1, 0.15) is 19.3 Å². The maximum atomic E-state index is 12.3. The summed E-state index contributed by atoms with van der Waals surface area (Å²) in [6, 6.07) is 8.15. The van der Waals surface area contributed by atoms with Gasteiger partial charge in [-0.1, -0.05) is 0 Å². The average Bonchev–Trinajstić information content (AvgIpc) is 3.13. The van der Waals surface area contributed by atoms with Gasteiger partial charge in [-0.25, -0.2) is 0 Å². The van der Waals surface area contributed by atoms with Crippen molar-refractivity contribution in [2.45, 2.75) is 19.3 Å². The number of hydrogen-bond donors (Lipinski definition) is 0. The van der Waals surface area contributed by atoms with E-state index in [0.717, 1.165) is 38.5 Å². The van der Waals surface area contributed by atoms with Gasteiger partial charge in [0.25, 0.3) is 0 Å². The molecule has 5 nitrogen and oxygen atoms in total. The quantitative estimate of drug-likeness (QED) is 0.830. The van der Waals surface area contributed by atoms with Gasteiger partial charge in [0.05, 0.1) is 7.11 Å². The van der Waals surface area contributed by atoms with Crippen molar-refractivity contribution in [3.63, 3.8) is 0 Å². The largest absolute Gasteiger partial charge is 0.497 e. The van der Waals surface area contributed by atoms with Crippen LogP contribution in [-0.2, 0) is 4.79 Å². The zero-order valence-corrected chi connectivity index (χ0v) is 14.0. The molecule has 2 aliphatic rings. The Morgan fingerprint density at radius 1 is 1.00 bits per heavy atom. The highest BCUT2D eigenvalue weighted by Crippen LogP contribution is 2.20. The normalized spacial score (nSPS) is 19.2. The molecular formula is C18H27N3O2. The summed E-state index contributed by atoms with van der Waals surface area (Å²) < 4.78 is 5.20. The number of piperazine rings is 1. The lowest BCUT2D eigenvalue weighted by Crippen LogP contribution is -2.49. The molecule has 2 heterocycles. The van der Waals surface area contributed by atoms with E-state index >= 15 is 0 Å². The molecule has 0 saturated carbocycles. The zero-order valence-electron chi connectivity index (χ0n) is 14.0. The van der Waals surface area contributed by atoms with Gasteiger partial charge in [-0.2, -0.15) is 0 Å². The van der Waals surface area contributed by atoms with Crippen LogP contribution in [-0.4, -0.2) is 68.6 Å². The number of ether oxygens (including phenoxy) is 1. The van der Waals surface area contributed by atoms with Crippen LogP contribution < -0.4 is 9.64 Å². The minimum absolute atomic E-state index is 0.311. The molecule has 5 heteroatoms. The summed E-state index contributed by atoms with van der Waals surface area (Å²) in [4.78, 5) is 19.1. The topological polar surface area (TPSA) is 36.0 Å². The molecule has 1 aromatic carbocycles. The number of likely N-dealkylation sites (tertiary alicyclic amines) is 1. The van der Waals surface area contributed by atoms with Gasteiger partial charge in [-0.05, 0) is 50.2 Å². The Bertz CT molecular complexity index is 504. The van der Waals surface area contributed by atoms with E-state index in [1.54, 1.807) is 7.11 Å². The second kappa shape index (κ2) is 7.68. The monoisotopic (exact) mass is 317 g/mol. The molecule has 0 aliphatic carbocycles. The number of carbonyl (C=O) groups is 1. The van der Waals surface area contributed by atoms with Crippen LogP contribution >= 0.6 is 0 Å². The van der Waals surface area contributed by atoms with Gasteiger partial charge in [0, 0.05) is 44.8 Å². The minimum atomic E-state index is 0.311. The van der Waals surface area contributed by atoms with Gasteiger partial charge >= 0.3 is 0 Å². The second-order valence-electron chi connectivity index (χ2n) is 6.36. The van der Waals surface area contributed by atoms with Crippen LogP contribution in [0.4, 0.5) is 5.69 Å².